The highest BCUT2D eigenvalue weighted by atomic mass is 32.2. The number of carbonyl (C=O) groups is 1. The van der Waals surface area contributed by atoms with Crippen LogP contribution >= 0.6 is 11.8 Å². The molecular formula is C24H28N4O2S. The summed E-state index contributed by atoms with van der Waals surface area (Å²) >= 11 is 1.34. The largest absolute Gasteiger partial charge is 0.483 e. The first kappa shape index (κ1) is 22.6. The van der Waals surface area contributed by atoms with E-state index >= 15 is 0 Å². The van der Waals surface area contributed by atoms with Gasteiger partial charge in [0.15, 0.2) is 17.1 Å². The number of hydrogen-bond acceptors (Lipinski definition) is 5. The van der Waals surface area contributed by atoms with Gasteiger partial charge in [-0.3, -0.25) is 9.36 Å². The Bertz CT molecular complexity index is 1060. The quantitative estimate of drug-likeness (QED) is 0.366. The van der Waals surface area contributed by atoms with E-state index in [9.17, 15) is 4.79 Å². The minimum atomic E-state index is -0.301. The number of ether oxygens (including phenoxy) is 1. The van der Waals surface area contributed by atoms with Crippen LogP contribution in [0.15, 0.2) is 60.3 Å². The van der Waals surface area contributed by atoms with Crippen LogP contribution in [-0.4, -0.2) is 26.4 Å². The number of nitrogens with one attached hydrogen (secondary N) is 1. The molecule has 7 heteroatoms. The van der Waals surface area contributed by atoms with E-state index in [1.54, 1.807) is 6.08 Å². The highest BCUT2D eigenvalue weighted by Crippen LogP contribution is 2.26. The van der Waals surface area contributed by atoms with Crippen molar-refractivity contribution in [2.75, 3.05) is 11.1 Å². The van der Waals surface area contributed by atoms with E-state index in [0.29, 0.717) is 17.5 Å². The molecule has 0 saturated carbocycles. The zero-order valence-electron chi connectivity index (χ0n) is 18.4. The number of aryl methyl sites for hydroxylation is 3. The van der Waals surface area contributed by atoms with E-state index in [0.717, 1.165) is 17.0 Å². The lowest BCUT2D eigenvalue weighted by atomic mass is 10.1. The van der Waals surface area contributed by atoms with Gasteiger partial charge in [0.2, 0.25) is 5.91 Å². The third-order valence-corrected chi connectivity index (χ3v) is 5.85. The highest BCUT2D eigenvalue weighted by Gasteiger charge is 2.20. The lowest BCUT2D eigenvalue weighted by molar-refractivity contribution is -0.113. The van der Waals surface area contributed by atoms with Crippen LogP contribution in [0.4, 0.5) is 5.69 Å². The van der Waals surface area contributed by atoms with Gasteiger partial charge in [-0.05, 0) is 63.1 Å². The molecule has 2 aromatic carbocycles. The standard InChI is InChI=1S/C24H28N4O2S/c1-6-13-28-23(19(5)30-21-12-9-17(3)18(4)14-21)26-27-24(28)31-15-22(29)25-20-10-7-16(2)8-11-20/h6-12,14,19H,1,13,15H2,2-5H3,(H,25,29). The van der Waals surface area contributed by atoms with Crippen molar-refractivity contribution >= 4 is 23.4 Å². The summed E-state index contributed by atoms with van der Waals surface area (Å²) in [5.74, 6) is 1.62. The number of carbonyl (C=O) groups excluding carboxylic acids is 1. The van der Waals surface area contributed by atoms with Gasteiger partial charge in [-0.15, -0.1) is 16.8 Å². The van der Waals surface area contributed by atoms with E-state index in [1.807, 2.05) is 60.9 Å². The maximum absolute atomic E-state index is 12.3. The lowest BCUT2D eigenvalue weighted by Crippen LogP contribution is -2.15. The van der Waals surface area contributed by atoms with E-state index in [-0.39, 0.29) is 17.8 Å². The zero-order chi connectivity index (χ0) is 22.4. The fourth-order valence-electron chi connectivity index (χ4n) is 3.02. The Hall–Kier alpha value is -3.06. The van der Waals surface area contributed by atoms with Crippen molar-refractivity contribution in [2.24, 2.45) is 0 Å². The summed E-state index contributed by atoms with van der Waals surface area (Å²) in [6.45, 7) is 12.4. The number of anilines is 1. The number of allylic oxidation sites excluding steroid dienone is 1. The number of thioether (sulfide) groups is 1. The molecule has 1 N–H and O–H groups in total. The van der Waals surface area contributed by atoms with Crippen molar-refractivity contribution in [3.05, 3.63) is 77.6 Å². The summed E-state index contributed by atoms with van der Waals surface area (Å²) in [6.07, 6.45) is 1.48. The number of rotatable bonds is 9. The van der Waals surface area contributed by atoms with Crippen LogP contribution in [0.3, 0.4) is 0 Å². The third-order valence-electron chi connectivity index (χ3n) is 4.88. The molecule has 1 amide bonds. The van der Waals surface area contributed by atoms with Gasteiger partial charge >= 0.3 is 0 Å². The third kappa shape index (κ3) is 5.98. The number of benzene rings is 2. The highest BCUT2D eigenvalue weighted by molar-refractivity contribution is 7.99. The molecule has 0 saturated heterocycles. The van der Waals surface area contributed by atoms with E-state index in [4.69, 9.17) is 4.74 Å². The van der Waals surface area contributed by atoms with Gasteiger partial charge in [0.25, 0.3) is 0 Å². The number of hydrogen-bond donors (Lipinski definition) is 1. The predicted octanol–water partition coefficient (Wildman–Crippen LogP) is 5.26. The summed E-state index contributed by atoms with van der Waals surface area (Å²) in [7, 11) is 0. The maximum Gasteiger partial charge on any atom is 0.234 e. The molecule has 1 unspecified atom stereocenters. The SMILES string of the molecule is C=CCn1c(SCC(=O)Nc2ccc(C)cc2)nnc1C(C)Oc1ccc(C)c(C)c1. The van der Waals surface area contributed by atoms with Crippen molar-refractivity contribution in [3.63, 3.8) is 0 Å². The van der Waals surface area contributed by atoms with Gasteiger partial charge in [0, 0.05) is 12.2 Å². The van der Waals surface area contributed by atoms with Crippen molar-refractivity contribution in [1.29, 1.82) is 0 Å². The van der Waals surface area contributed by atoms with Gasteiger partial charge in [-0.2, -0.15) is 0 Å². The fourth-order valence-corrected chi connectivity index (χ4v) is 3.77. The van der Waals surface area contributed by atoms with Crippen LogP contribution < -0.4 is 10.1 Å². The zero-order valence-corrected chi connectivity index (χ0v) is 19.2. The first-order chi connectivity index (χ1) is 14.9. The maximum atomic E-state index is 12.3. The second-order valence-corrected chi connectivity index (χ2v) is 8.39. The lowest BCUT2D eigenvalue weighted by Gasteiger charge is -2.16. The average molecular weight is 437 g/mol. The molecule has 6 nitrogen and oxygen atoms in total. The minimum Gasteiger partial charge on any atom is -0.483 e. The number of aromatic nitrogens is 3. The van der Waals surface area contributed by atoms with Gasteiger partial charge in [0.1, 0.15) is 5.75 Å². The van der Waals surface area contributed by atoms with Crippen LogP contribution in [0.5, 0.6) is 5.75 Å². The Labute approximate surface area is 187 Å². The Morgan fingerprint density at radius 2 is 1.90 bits per heavy atom. The monoisotopic (exact) mass is 436 g/mol. The number of nitrogens with zero attached hydrogens (tertiary/aromatic N) is 3. The Morgan fingerprint density at radius 1 is 1.16 bits per heavy atom. The molecule has 0 radical (unpaired) electrons. The molecule has 162 valence electrons. The van der Waals surface area contributed by atoms with E-state index in [2.05, 4.69) is 35.9 Å². The van der Waals surface area contributed by atoms with Gasteiger partial charge in [0.05, 0.1) is 5.75 Å². The molecule has 31 heavy (non-hydrogen) atoms. The Kier molecular flexibility index (Phi) is 7.52. The molecule has 0 spiro atoms. The van der Waals surface area contributed by atoms with E-state index < -0.39 is 0 Å². The van der Waals surface area contributed by atoms with Crippen molar-refractivity contribution in [1.82, 2.24) is 14.8 Å². The van der Waals surface area contributed by atoms with Crippen LogP contribution in [0.25, 0.3) is 0 Å². The van der Waals surface area contributed by atoms with Crippen molar-refractivity contribution in [2.45, 2.75) is 45.5 Å². The molecule has 0 aliphatic rings. The smallest absolute Gasteiger partial charge is 0.234 e. The Morgan fingerprint density at radius 3 is 2.58 bits per heavy atom. The summed E-state index contributed by atoms with van der Waals surface area (Å²) in [5, 5.41) is 12.2. The molecule has 0 aliphatic heterocycles. The molecule has 1 atom stereocenters. The van der Waals surface area contributed by atoms with E-state index in [1.165, 1.54) is 22.9 Å². The van der Waals surface area contributed by atoms with Crippen LogP contribution in [0.2, 0.25) is 0 Å². The molecule has 0 bridgehead atoms. The van der Waals surface area contributed by atoms with Gasteiger partial charge in [-0.1, -0.05) is 41.6 Å². The summed E-state index contributed by atoms with van der Waals surface area (Å²) < 4.78 is 8.04. The average Bonchev–Trinajstić information content (AvgIpc) is 3.14. The number of amides is 1. The van der Waals surface area contributed by atoms with Crippen LogP contribution in [0, 0.1) is 20.8 Å². The molecule has 3 aromatic rings. The first-order valence-electron chi connectivity index (χ1n) is 10.1. The molecule has 3 rings (SSSR count). The first-order valence-corrected chi connectivity index (χ1v) is 11.1. The van der Waals surface area contributed by atoms with Gasteiger partial charge in [-0.25, -0.2) is 0 Å². The summed E-state index contributed by atoms with van der Waals surface area (Å²) in [6, 6.07) is 13.7. The molecule has 1 aromatic heterocycles. The predicted molar refractivity (Wildman–Crippen MR) is 126 cm³/mol. The molecule has 1 heterocycles. The normalized spacial score (nSPS) is 11.7. The summed E-state index contributed by atoms with van der Waals surface area (Å²) in [5.41, 5.74) is 4.32. The second-order valence-electron chi connectivity index (χ2n) is 7.45. The van der Waals surface area contributed by atoms with Gasteiger partial charge < -0.3 is 10.1 Å². The summed E-state index contributed by atoms with van der Waals surface area (Å²) in [4.78, 5) is 12.3. The van der Waals surface area contributed by atoms with Crippen molar-refractivity contribution < 1.29 is 9.53 Å². The molecular weight excluding hydrogens is 408 g/mol. The minimum absolute atomic E-state index is 0.0945. The van der Waals surface area contributed by atoms with Crippen molar-refractivity contribution in [3.8, 4) is 5.75 Å². The second kappa shape index (κ2) is 10.3. The molecule has 0 fully saturated rings. The molecule has 0 aliphatic carbocycles. The van der Waals surface area contributed by atoms with Crippen LogP contribution in [0.1, 0.15) is 35.5 Å². The topological polar surface area (TPSA) is 69.0 Å². The Balaban J connectivity index is 1.67. The fraction of sp³-hybridized carbons (Fsp3) is 0.292. The van der Waals surface area contributed by atoms with Crippen LogP contribution in [-0.2, 0) is 11.3 Å².